The second-order valence-corrected chi connectivity index (χ2v) is 7.65. The molecular weight excluding hydrogens is 338 g/mol. The molecule has 2 N–H and O–H groups in total. The minimum Gasteiger partial charge on any atom is -0.354 e. The molecule has 0 unspecified atom stereocenters. The third kappa shape index (κ3) is 3.61. The van der Waals surface area contributed by atoms with Crippen molar-refractivity contribution in [2.75, 3.05) is 0 Å². The molecule has 0 bridgehead atoms. The summed E-state index contributed by atoms with van der Waals surface area (Å²) in [5.41, 5.74) is 3.31. The van der Waals surface area contributed by atoms with Gasteiger partial charge in [0.2, 0.25) is 5.91 Å². The third-order valence-electron chi connectivity index (χ3n) is 5.49. The normalized spacial score (nSPS) is 16.5. The molecule has 3 aromatic rings. The molecule has 1 aliphatic rings. The van der Waals surface area contributed by atoms with Gasteiger partial charge in [0, 0.05) is 23.9 Å². The fourth-order valence-corrected chi connectivity index (χ4v) is 4.33. The molecule has 6 nitrogen and oxygen atoms in total. The summed E-state index contributed by atoms with van der Waals surface area (Å²) in [6.45, 7) is 3.60. The van der Waals surface area contributed by atoms with Gasteiger partial charge in [0.25, 0.3) is 0 Å². The summed E-state index contributed by atoms with van der Waals surface area (Å²) in [6.07, 6.45) is 8.55. The zero-order valence-corrected chi connectivity index (χ0v) is 16.0. The first-order valence-corrected chi connectivity index (χ1v) is 9.90. The molecule has 1 aromatic carbocycles. The summed E-state index contributed by atoms with van der Waals surface area (Å²) in [7, 11) is 0. The van der Waals surface area contributed by atoms with E-state index in [9.17, 15) is 4.79 Å². The standard InChI is InChI=1S/C21H27N5O/c1-14(24-15(2)27)12-18-17-10-6-7-11-19(17)25-20(18)21-22-13-23-26(21)16-8-4-3-5-9-16/h6-7,10-11,13-14,16,25H,3-5,8-9,12H2,1-2H3,(H,24,27)/t14-/m0/s1. The van der Waals surface area contributed by atoms with Gasteiger partial charge in [0.15, 0.2) is 5.82 Å². The van der Waals surface area contributed by atoms with E-state index < -0.39 is 0 Å². The summed E-state index contributed by atoms with van der Waals surface area (Å²) in [5, 5.41) is 8.75. The number of rotatable bonds is 5. The van der Waals surface area contributed by atoms with Gasteiger partial charge >= 0.3 is 0 Å². The topological polar surface area (TPSA) is 75.6 Å². The minimum atomic E-state index is -0.00531. The van der Waals surface area contributed by atoms with Gasteiger partial charge in [0.05, 0.1) is 11.7 Å². The van der Waals surface area contributed by atoms with Crippen molar-refractivity contribution in [1.82, 2.24) is 25.1 Å². The van der Waals surface area contributed by atoms with Crippen LogP contribution in [0.3, 0.4) is 0 Å². The fraction of sp³-hybridized carbons (Fsp3) is 0.476. The first-order valence-electron chi connectivity index (χ1n) is 9.90. The number of hydrogen-bond donors (Lipinski definition) is 2. The van der Waals surface area contributed by atoms with E-state index in [4.69, 9.17) is 0 Å². The first kappa shape index (κ1) is 17.8. The molecule has 0 spiro atoms. The number of para-hydroxylation sites is 1. The van der Waals surface area contributed by atoms with Crippen molar-refractivity contribution in [3.05, 3.63) is 36.2 Å². The molecule has 142 valence electrons. The molecule has 2 heterocycles. The highest BCUT2D eigenvalue weighted by atomic mass is 16.1. The summed E-state index contributed by atoms with van der Waals surface area (Å²) >= 11 is 0. The van der Waals surface area contributed by atoms with Crippen molar-refractivity contribution in [1.29, 1.82) is 0 Å². The molecule has 4 rings (SSSR count). The van der Waals surface area contributed by atoms with Crippen LogP contribution in [0.15, 0.2) is 30.6 Å². The Hall–Kier alpha value is -2.63. The number of carbonyl (C=O) groups is 1. The van der Waals surface area contributed by atoms with Gasteiger partial charge < -0.3 is 10.3 Å². The highest BCUT2D eigenvalue weighted by Crippen LogP contribution is 2.34. The van der Waals surface area contributed by atoms with Crippen LogP contribution in [-0.2, 0) is 11.2 Å². The molecule has 27 heavy (non-hydrogen) atoms. The highest BCUT2D eigenvalue weighted by Gasteiger charge is 2.24. The average molecular weight is 365 g/mol. The molecule has 6 heteroatoms. The Morgan fingerprint density at radius 1 is 1.30 bits per heavy atom. The Balaban J connectivity index is 1.77. The molecule has 1 atom stereocenters. The lowest BCUT2D eigenvalue weighted by Gasteiger charge is -2.23. The van der Waals surface area contributed by atoms with Crippen molar-refractivity contribution < 1.29 is 4.79 Å². The van der Waals surface area contributed by atoms with Crippen LogP contribution < -0.4 is 5.32 Å². The van der Waals surface area contributed by atoms with Gasteiger partial charge in [-0.1, -0.05) is 37.5 Å². The maximum absolute atomic E-state index is 11.5. The molecule has 1 fully saturated rings. The molecule has 0 saturated heterocycles. The SMILES string of the molecule is CC(=O)N[C@@H](C)Cc1c(-c2ncnn2C2CCCCC2)[nH]c2ccccc12. The van der Waals surface area contributed by atoms with E-state index >= 15 is 0 Å². The van der Waals surface area contributed by atoms with Crippen molar-refractivity contribution in [3.8, 4) is 11.5 Å². The number of fused-ring (bicyclic) bond motifs is 1. The van der Waals surface area contributed by atoms with Crippen molar-refractivity contribution in [3.63, 3.8) is 0 Å². The van der Waals surface area contributed by atoms with Crippen LogP contribution >= 0.6 is 0 Å². The third-order valence-corrected chi connectivity index (χ3v) is 5.49. The Morgan fingerprint density at radius 2 is 2.07 bits per heavy atom. The van der Waals surface area contributed by atoms with Crippen molar-refractivity contribution in [2.45, 2.75) is 64.5 Å². The highest BCUT2D eigenvalue weighted by molar-refractivity contribution is 5.89. The van der Waals surface area contributed by atoms with E-state index in [1.807, 2.05) is 13.0 Å². The quantitative estimate of drug-likeness (QED) is 0.717. The smallest absolute Gasteiger partial charge is 0.217 e. The predicted octanol–water partition coefficient (Wildman–Crippen LogP) is 4.00. The maximum atomic E-state index is 11.5. The van der Waals surface area contributed by atoms with E-state index in [2.05, 4.69) is 43.3 Å². The zero-order valence-electron chi connectivity index (χ0n) is 16.0. The van der Waals surface area contributed by atoms with E-state index in [1.165, 1.54) is 30.2 Å². The molecule has 1 saturated carbocycles. The Kier molecular flexibility index (Phi) is 4.97. The van der Waals surface area contributed by atoms with Crippen LogP contribution in [0.2, 0.25) is 0 Å². The number of carbonyl (C=O) groups excluding carboxylic acids is 1. The van der Waals surface area contributed by atoms with Gasteiger partial charge in [-0.25, -0.2) is 9.67 Å². The van der Waals surface area contributed by atoms with Crippen molar-refractivity contribution >= 4 is 16.8 Å². The number of amides is 1. The molecular formula is C21H27N5O. The molecule has 0 aliphatic heterocycles. The summed E-state index contributed by atoms with van der Waals surface area (Å²) in [4.78, 5) is 19.7. The van der Waals surface area contributed by atoms with E-state index in [0.29, 0.717) is 6.04 Å². The van der Waals surface area contributed by atoms with E-state index in [-0.39, 0.29) is 11.9 Å². The number of nitrogens with zero attached hydrogens (tertiary/aromatic N) is 3. The predicted molar refractivity (Wildman–Crippen MR) is 106 cm³/mol. The van der Waals surface area contributed by atoms with Crippen LogP contribution in [0.4, 0.5) is 0 Å². The lowest BCUT2D eigenvalue weighted by molar-refractivity contribution is -0.119. The summed E-state index contributed by atoms with van der Waals surface area (Å²) in [5.74, 6) is 0.900. The molecule has 1 aliphatic carbocycles. The Morgan fingerprint density at radius 3 is 2.85 bits per heavy atom. The number of benzene rings is 1. The summed E-state index contributed by atoms with van der Waals surface area (Å²) < 4.78 is 2.11. The van der Waals surface area contributed by atoms with Gasteiger partial charge in [-0.15, -0.1) is 0 Å². The second-order valence-electron chi connectivity index (χ2n) is 7.65. The zero-order chi connectivity index (χ0) is 18.8. The van der Waals surface area contributed by atoms with Gasteiger partial charge in [-0.2, -0.15) is 5.10 Å². The summed E-state index contributed by atoms with van der Waals surface area (Å²) in [6, 6.07) is 8.78. The average Bonchev–Trinajstić information content (AvgIpc) is 3.27. The van der Waals surface area contributed by atoms with Crippen LogP contribution in [-0.4, -0.2) is 31.7 Å². The molecule has 1 amide bonds. The lowest BCUT2D eigenvalue weighted by Crippen LogP contribution is -2.32. The van der Waals surface area contributed by atoms with Gasteiger partial charge in [-0.05, 0) is 37.8 Å². The number of H-pyrrole nitrogens is 1. The number of aromatic amines is 1. The largest absolute Gasteiger partial charge is 0.354 e. The molecule has 0 radical (unpaired) electrons. The van der Waals surface area contributed by atoms with Crippen LogP contribution in [0.1, 0.15) is 57.6 Å². The van der Waals surface area contributed by atoms with E-state index in [1.54, 1.807) is 13.3 Å². The van der Waals surface area contributed by atoms with Crippen LogP contribution in [0, 0.1) is 0 Å². The number of nitrogens with one attached hydrogen (secondary N) is 2. The van der Waals surface area contributed by atoms with Crippen LogP contribution in [0.5, 0.6) is 0 Å². The second kappa shape index (κ2) is 7.55. The maximum Gasteiger partial charge on any atom is 0.217 e. The van der Waals surface area contributed by atoms with Crippen LogP contribution in [0.25, 0.3) is 22.4 Å². The first-order chi connectivity index (χ1) is 13.1. The monoisotopic (exact) mass is 365 g/mol. The number of aromatic nitrogens is 4. The molecule has 2 aromatic heterocycles. The fourth-order valence-electron chi connectivity index (χ4n) is 4.33. The van der Waals surface area contributed by atoms with Gasteiger partial charge in [-0.3, -0.25) is 4.79 Å². The Bertz CT molecular complexity index is 935. The van der Waals surface area contributed by atoms with Crippen molar-refractivity contribution in [2.24, 2.45) is 0 Å². The Labute approximate surface area is 159 Å². The van der Waals surface area contributed by atoms with Gasteiger partial charge in [0.1, 0.15) is 6.33 Å². The number of hydrogen-bond acceptors (Lipinski definition) is 3. The lowest BCUT2D eigenvalue weighted by atomic mass is 9.95. The van der Waals surface area contributed by atoms with E-state index in [0.717, 1.165) is 36.3 Å². The minimum absolute atomic E-state index is 0.00531.